The molecule has 1 aromatic rings. The molecule has 0 bridgehead atoms. The maximum absolute atomic E-state index is 5.35. The molecule has 0 atom stereocenters. The van der Waals surface area contributed by atoms with Crippen LogP contribution >= 0.6 is 0 Å². The summed E-state index contributed by atoms with van der Waals surface area (Å²) in [6, 6.07) is 5.83. The van der Waals surface area contributed by atoms with Crippen molar-refractivity contribution in [2.24, 2.45) is 4.99 Å². The molecule has 0 aromatic heterocycles. The summed E-state index contributed by atoms with van der Waals surface area (Å²) in [6.45, 7) is 6.07. The molecule has 21 heavy (non-hydrogen) atoms. The lowest BCUT2D eigenvalue weighted by Crippen LogP contribution is -3.14. The monoisotopic (exact) mass is 293 g/mol. The van der Waals surface area contributed by atoms with Gasteiger partial charge in [-0.1, -0.05) is 0 Å². The van der Waals surface area contributed by atoms with Crippen LogP contribution < -0.4 is 14.4 Å². The summed E-state index contributed by atoms with van der Waals surface area (Å²) in [5, 5.41) is 0. The highest BCUT2D eigenvalue weighted by atomic mass is 16.5. The van der Waals surface area contributed by atoms with E-state index in [-0.39, 0.29) is 0 Å². The van der Waals surface area contributed by atoms with E-state index in [2.05, 4.69) is 4.99 Å². The van der Waals surface area contributed by atoms with Crippen LogP contribution in [0.2, 0.25) is 0 Å². The van der Waals surface area contributed by atoms with Gasteiger partial charge in [0.1, 0.15) is 13.1 Å². The van der Waals surface area contributed by atoms with E-state index in [1.165, 1.54) is 6.54 Å². The molecule has 1 aliphatic heterocycles. The van der Waals surface area contributed by atoms with E-state index in [1.807, 2.05) is 24.4 Å². The third-order valence-electron chi connectivity index (χ3n) is 3.67. The van der Waals surface area contributed by atoms with Gasteiger partial charge in [-0.05, 0) is 23.8 Å². The zero-order chi connectivity index (χ0) is 14.9. The number of nitrogens with zero attached hydrogens (tertiary/aromatic N) is 1. The SMILES string of the molecule is COc1ccc(C=NCCC[NH+]2CCOCC2)cc1OC. The lowest BCUT2D eigenvalue weighted by Gasteiger charge is -2.23. The lowest BCUT2D eigenvalue weighted by atomic mass is 10.2. The smallest absolute Gasteiger partial charge is 0.161 e. The van der Waals surface area contributed by atoms with Crippen molar-refractivity contribution in [3.05, 3.63) is 23.8 Å². The van der Waals surface area contributed by atoms with Crippen LogP contribution in [0.25, 0.3) is 0 Å². The van der Waals surface area contributed by atoms with Gasteiger partial charge in [-0.2, -0.15) is 0 Å². The topological polar surface area (TPSA) is 44.5 Å². The first kappa shape index (κ1) is 15.8. The fourth-order valence-corrected chi connectivity index (χ4v) is 2.43. The second-order valence-corrected chi connectivity index (χ2v) is 5.12. The molecule has 5 nitrogen and oxygen atoms in total. The summed E-state index contributed by atoms with van der Waals surface area (Å²) < 4.78 is 15.9. The number of nitrogens with one attached hydrogen (secondary N) is 1. The Morgan fingerprint density at radius 3 is 2.67 bits per heavy atom. The van der Waals surface area contributed by atoms with E-state index in [0.29, 0.717) is 0 Å². The molecular weight excluding hydrogens is 268 g/mol. The van der Waals surface area contributed by atoms with Gasteiger partial charge in [-0.3, -0.25) is 4.99 Å². The van der Waals surface area contributed by atoms with Crippen LogP contribution in [-0.2, 0) is 4.74 Å². The second kappa shape index (κ2) is 8.64. The molecule has 2 rings (SSSR count). The second-order valence-electron chi connectivity index (χ2n) is 5.12. The van der Waals surface area contributed by atoms with E-state index >= 15 is 0 Å². The molecule has 1 fully saturated rings. The Bertz CT molecular complexity index is 457. The fourth-order valence-electron chi connectivity index (χ4n) is 2.43. The Morgan fingerprint density at radius 2 is 1.95 bits per heavy atom. The van der Waals surface area contributed by atoms with Crippen LogP contribution in [0.3, 0.4) is 0 Å². The summed E-state index contributed by atoms with van der Waals surface area (Å²) in [4.78, 5) is 6.12. The molecule has 1 heterocycles. The highest BCUT2D eigenvalue weighted by Crippen LogP contribution is 2.26. The normalized spacial score (nSPS) is 16.3. The number of morpholine rings is 1. The molecule has 1 aliphatic rings. The zero-order valence-corrected chi connectivity index (χ0v) is 12.9. The number of aliphatic imine (C=N–C) groups is 1. The van der Waals surface area contributed by atoms with Crippen molar-refractivity contribution < 1.29 is 19.1 Å². The number of hydrogen-bond donors (Lipinski definition) is 1. The number of ether oxygens (including phenoxy) is 3. The predicted molar refractivity (Wildman–Crippen MR) is 83.0 cm³/mol. The van der Waals surface area contributed by atoms with Crippen molar-refractivity contribution in [2.45, 2.75) is 6.42 Å². The van der Waals surface area contributed by atoms with Crippen molar-refractivity contribution in [3.63, 3.8) is 0 Å². The van der Waals surface area contributed by atoms with E-state index in [4.69, 9.17) is 14.2 Å². The van der Waals surface area contributed by atoms with Crippen LogP contribution in [0.1, 0.15) is 12.0 Å². The van der Waals surface area contributed by atoms with Crippen LogP contribution in [0.15, 0.2) is 23.2 Å². The minimum absolute atomic E-state index is 0.735. The van der Waals surface area contributed by atoms with Crippen LogP contribution in [0, 0.1) is 0 Å². The van der Waals surface area contributed by atoms with Gasteiger partial charge in [-0.15, -0.1) is 0 Å². The highest BCUT2D eigenvalue weighted by Gasteiger charge is 2.12. The molecule has 0 radical (unpaired) electrons. The quantitative estimate of drug-likeness (QED) is 0.586. The Morgan fingerprint density at radius 1 is 1.19 bits per heavy atom. The minimum atomic E-state index is 0.735. The van der Waals surface area contributed by atoms with Gasteiger partial charge >= 0.3 is 0 Å². The number of methoxy groups -OCH3 is 2. The first-order chi connectivity index (χ1) is 10.3. The average Bonchev–Trinajstić information content (AvgIpc) is 2.55. The third-order valence-corrected chi connectivity index (χ3v) is 3.67. The molecule has 1 aromatic carbocycles. The molecule has 0 saturated carbocycles. The predicted octanol–water partition coefficient (Wildman–Crippen LogP) is 0.428. The van der Waals surface area contributed by atoms with E-state index in [0.717, 1.165) is 56.3 Å². The van der Waals surface area contributed by atoms with Gasteiger partial charge < -0.3 is 19.1 Å². The average molecular weight is 293 g/mol. The van der Waals surface area contributed by atoms with Gasteiger partial charge in [0.2, 0.25) is 0 Å². The van der Waals surface area contributed by atoms with Crippen molar-refractivity contribution in [1.82, 2.24) is 0 Å². The number of benzene rings is 1. The van der Waals surface area contributed by atoms with Gasteiger partial charge in [0, 0.05) is 19.2 Å². The third kappa shape index (κ3) is 5.02. The van der Waals surface area contributed by atoms with Crippen LogP contribution in [0.5, 0.6) is 11.5 Å². The Balaban J connectivity index is 1.75. The van der Waals surface area contributed by atoms with Crippen molar-refractivity contribution in [1.29, 1.82) is 0 Å². The van der Waals surface area contributed by atoms with Gasteiger partial charge in [0.05, 0.1) is 34.0 Å². The lowest BCUT2D eigenvalue weighted by molar-refractivity contribution is -0.908. The van der Waals surface area contributed by atoms with Crippen LogP contribution in [0.4, 0.5) is 0 Å². The molecule has 1 N–H and O–H groups in total. The Kier molecular flexibility index (Phi) is 6.50. The van der Waals surface area contributed by atoms with E-state index in [9.17, 15) is 0 Å². The molecule has 0 unspecified atom stereocenters. The first-order valence-corrected chi connectivity index (χ1v) is 7.46. The minimum Gasteiger partial charge on any atom is -0.493 e. The van der Waals surface area contributed by atoms with Gasteiger partial charge in [0.15, 0.2) is 11.5 Å². The maximum atomic E-state index is 5.35. The number of quaternary nitrogens is 1. The van der Waals surface area contributed by atoms with Crippen molar-refractivity contribution in [2.75, 3.05) is 53.6 Å². The van der Waals surface area contributed by atoms with Crippen LogP contribution in [-0.4, -0.2) is 59.8 Å². The van der Waals surface area contributed by atoms with E-state index < -0.39 is 0 Å². The molecule has 0 spiro atoms. The summed E-state index contributed by atoms with van der Waals surface area (Å²) in [7, 11) is 3.28. The van der Waals surface area contributed by atoms with Gasteiger partial charge in [-0.25, -0.2) is 0 Å². The standard InChI is InChI=1S/C16H24N2O3/c1-19-15-5-4-14(12-16(15)20-2)13-17-6-3-7-18-8-10-21-11-9-18/h4-5,12-13H,3,6-11H2,1-2H3/p+1. The van der Waals surface area contributed by atoms with Crippen molar-refractivity contribution in [3.8, 4) is 11.5 Å². The molecule has 116 valence electrons. The zero-order valence-electron chi connectivity index (χ0n) is 12.9. The first-order valence-electron chi connectivity index (χ1n) is 7.46. The van der Waals surface area contributed by atoms with E-state index in [1.54, 1.807) is 19.1 Å². The largest absolute Gasteiger partial charge is 0.493 e. The molecular formula is C16H25N2O3+. The summed E-state index contributed by atoms with van der Waals surface area (Å²) in [5.41, 5.74) is 1.03. The molecule has 1 saturated heterocycles. The molecule has 0 amide bonds. The summed E-state index contributed by atoms with van der Waals surface area (Å²) in [5.74, 6) is 1.48. The molecule has 5 heteroatoms. The van der Waals surface area contributed by atoms with Crippen molar-refractivity contribution >= 4 is 6.21 Å². The summed E-state index contributed by atoms with van der Waals surface area (Å²) >= 11 is 0. The Labute approximate surface area is 126 Å². The summed E-state index contributed by atoms with van der Waals surface area (Å²) in [6.07, 6.45) is 3.01. The fraction of sp³-hybridized carbons (Fsp3) is 0.562. The van der Waals surface area contributed by atoms with Gasteiger partial charge in [0.25, 0.3) is 0 Å². The maximum Gasteiger partial charge on any atom is 0.161 e. The number of rotatable bonds is 7. The molecule has 0 aliphatic carbocycles. The number of hydrogen-bond acceptors (Lipinski definition) is 4. The highest BCUT2D eigenvalue weighted by molar-refractivity contribution is 5.80. The Hall–Kier alpha value is -1.59.